The van der Waals surface area contributed by atoms with Gasteiger partial charge in [-0.25, -0.2) is 0 Å². The Morgan fingerprint density at radius 2 is 2.06 bits per heavy atom. The molecule has 18 heavy (non-hydrogen) atoms. The summed E-state index contributed by atoms with van der Waals surface area (Å²) >= 11 is 0. The number of nitrogens with zero attached hydrogens (tertiary/aromatic N) is 1. The van der Waals surface area contributed by atoms with Crippen LogP contribution in [0.3, 0.4) is 0 Å². The lowest BCUT2D eigenvalue weighted by Crippen LogP contribution is -2.23. The smallest absolute Gasteiger partial charge is 0.160 e. The number of unbranched alkanes of at least 4 members (excludes halogenated alkanes) is 2. The molecule has 0 bridgehead atoms. The maximum Gasteiger partial charge on any atom is 0.160 e. The van der Waals surface area contributed by atoms with Crippen molar-refractivity contribution in [3.8, 4) is 11.5 Å². The summed E-state index contributed by atoms with van der Waals surface area (Å²) < 4.78 is 5.15. The molecule has 1 atom stereocenters. The molecule has 102 valence electrons. The SMILES string of the molecule is CCCCCN(C)C(C)c1ccc(O)c(OC)c1. The van der Waals surface area contributed by atoms with Crippen LogP contribution < -0.4 is 4.74 Å². The van der Waals surface area contributed by atoms with Crippen LogP contribution in [0.15, 0.2) is 18.2 Å². The largest absolute Gasteiger partial charge is 0.504 e. The number of benzene rings is 1. The summed E-state index contributed by atoms with van der Waals surface area (Å²) in [5.41, 5.74) is 1.17. The van der Waals surface area contributed by atoms with Gasteiger partial charge in [-0.15, -0.1) is 0 Å². The van der Waals surface area contributed by atoms with Crippen molar-refractivity contribution in [2.24, 2.45) is 0 Å². The fraction of sp³-hybridized carbons (Fsp3) is 0.600. The zero-order chi connectivity index (χ0) is 13.5. The Morgan fingerprint density at radius 1 is 1.33 bits per heavy atom. The summed E-state index contributed by atoms with van der Waals surface area (Å²) in [7, 11) is 3.72. The van der Waals surface area contributed by atoms with Crippen LogP contribution in [0.4, 0.5) is 0 Å². The topological polar surface area (TPSA) is 32.7 Å². The number of phenolic OH excluding ortho intramolecular Hbond substituents is 1. The summed E-state index contributed by atoms with van der Waals surface area (Å²) in [6.45, 7) is 5.49. The van der Waals surface area contributed by atoms with Crippen LogP contribution in [0.5, 0.6) is 11.5 Å². The maximum absolute atomic E-state index is 9.59. The van der Waals surface area contributed by atoms with E-state index in [2.05, 4.69) is 25.8 Å². The molecule has 1 N–H and O–H groups in total. The minimum atomic E-state index is 0.196. The molecule has 0 aromatic heterocycles. The predicted octanol–water partition coefficient (Wildman–Crippen LogP) is 3.58. The lowest BCUT2D eigenvalue weighted by atomic mass is 10.1. The van der Waals surface area contributed by atoms with Gasteiger partial charge in [0.1, 0.15) is 0 Å². The van der Waals surface area contributed by atoms with Gasteiger partial charge in [0, 0.05) is 6.04 Å². The molecule has 0 spiro atoms. The summed E-state index contributed by atoms with van der Waals surface area (Å²) in [4.78, 5) is 2.33. The van der Waals surface area contributed by atoms with Crippen LogP contribution in [0.25, 0.3) is 0 Å². The number of phenols is 1. The molecule has 3 nitrogen and oxygen atoms in total. The van der Waals surface area contributed by atoms with E-state index in [1.165, 1.54) is 24.8 Å². The fourth-order valence-electron chi connectivity index (χ4n) is 2.01. The molecule has 1 aromatic carbocycles. The minimum Gasteiger partial charge on any atom is -0.504 e. The highest BCUT2D eigenvalue weighted by molar-refractivity contribution is 5.42. The van der Waals surface area contributed by atoms with E-state index in [-0.39, 0.29) is 5.75 Å². The molecule has 0 amide bonds. The number of aromatic hydroxyl groups is 1. The molecule has 0 radical (unpaired) electrons. The van der Waals surface area contributed by atoms with Gasteiger partial charge in [0.2, 0.25) is 0 Å². The van der Waals surface area contributed by atoms with Crippen molar-refractivity contribution in [2.45, 2.75) is 39.2 Å². The summed E-state index contributed by atoms with van der Waals surface area (Å²) in [6.07, 6.45) is 3.75. The van der Waals surface area contributed by atoms with Crippen LogP contribution in [0.2, 0.25) is 0 Å². The Kier molecular flexibility index (Phi) is 5.99. The van der Waals surface area contributed by atoms with Crippen molar-refractivity contribution in [1.29, 1.82) is 0 Å². The maximum atomic E-state index is 9.59. The minimum absolute atomic E-state index is 0.196. The van der Waals surface area contributed by atoms with Gasteiger partial charge < -0.3 is 9.84 Å². The molecule has 0 aliphatic heterocycles. The first kappa shape index (κ1) is 14.8. The van der Waals surface area contributed by atoms with Gasteiger partial charge in [-0.05, 0) is 44.6 Å². The quantitative estimate of drug-likeness (QED) is 0.752. The Bertz CT molecular complexity index is 366. The van der Waals surface area contributed by atoms with Crippen LogP contribution in [-0.2, 0) is 0 Å². The van der Waals surface area contributed by atoms with Gasteiger partial charge in [0.05, 0.1) is 7.11 Å². The normalized spacial score (nSPS) is 12.7. The molecule has 0 aliphatic carbocycles. The molecular formula is C15H25NO2. The van der Waals surface area contributed by atoms with Gasteiger partial charge in [0.25, 0.3) is 0 Å². The number of hydrogen-bond donors (Lipinski definition) is 1. The van der Waals surface area contributed by atoms with E-state index in [9.17, 15) is 5.11 Å². The van der Waals surface area contributed by atoms with E-state index in [0.29, 0.717) is 11.8 Å². The van der Waals surface area contributed by atoms with Gasteiger partial charge >= 0.3 is 0 Å². The molecule has 0 heterocycles. The average molecular weight is 251 g/mol. The van der Waals surface area contributed by atoms with Crippen LogP contribution in [0, 0.1) is 0 Å². The number of ether oxygens (including phenoxy) is 1. The third kappa shape index (κ3) is 3.91. The van der Waals surface area contributed by atoms with Crippen LogP contribution >= 0.6 is 0 Å². The molecule has 0 saturated carbocycles. The summed E-state index contributed by atoms with van der Waals surface area (Å²) in [6, 6.07) is 5.90. The van der Waals surface area contributed by atoms with Gasteiger partial charge in [-0.1, -0.05) is 25.8 Å². The molecule has 0 saturated heterocycles. The Labute approximate surface area is 110 Å². The van der Waals surface area contributed by atoms with Crippen molar-refractivity contribution in [3.63, 3.8) is 0 Å². The molecular weight excluding hydrogens is 226 g/mol. The van der Waals surface area contributed by atoms with E-state index in [4.69, 9.17) is 4.74 Å². The first-order chi connectivity index (χ1) is 8.60. The number of rotatable bonds is 7. The van der Waals surface area contributed by atoms with Crippen molar-refractivity contribution >= 4 is 0 Å². The van der Waals surface area contributed by atoms with E-state index in [1.54, 1.807) is 13.2 Å². The Hall–Kier alpha value is -1.22. The highest BCUT2D eigenvalue weighted by Crippen LogP contribution is 2.30. The van der Waals surface area contributed by atoms with E-state index in [1.807, 2.05) is 12.1 Å². The second-order valence-corrected chi connectivity index (χ2v) is 4.79. The molecule has 3 heteroatoms. The van der Waals surface area contributed by atoms with Crippen molar-refractivity contribution in [1.82, 2.24) is 4.90 Å². The van der Waals surface area contributed by atoms with E-state index < -0.39 is 0 Å². The second-order valence-electron chi connectivity index (χ2n) is 4.79. The van der Waals surface area contributed by atoms with E-state index >= 15 is 0 Å². The van der Waals surface area contributed by atoms with Gasteiger partial charge in [-0.2, -0.15) is 0 Å². The molecule has 1 unspecified atom stereocenters. The molecule has 1 aromatic rings. The zero-order valence-electron chi connectivity index (χ0n) is 11.9. The summed E-state index contributed by atoms with van der Waals surface area (Å²) in [5, 5.41) is 9.59. The van der Waals surface area contributed by atoms with Crippen LogP contribution in [0.1, 0.15) is 44.7 Å². The zero-order valence-corrected chi connectivity index (χ0v) is 11.9. The van der Waals surface area contributed by atoms with Crippen molar-refractivity contribution < 1.29 is 9.84 Å². The number of methoxy groups -OCH3 is 1. The number of hydrogen-bond acceptors (Lipinski definition) is 3. The molecule has 1 rings (SSSR count). The first-order valence-electron chi connectivity index (χ1n) is 6.67. The Balaban J connectivity index is 2.67. The monoisotopic (exact) mass is 251 g/mol. The van der Waals surface area contributed by atoms with E-state index in [0.717, 1.165) is 6.54 Å². The third-order valence-electron chi connectivity index (χ3n) is 3.46. The predicted molar refractivity (Wildman–Crippen MR) is 75.2 cm³/mol. The average Bonchev–Trinajstić information content (AvgIpc) is 2.38. The molecule has 0 fully saturated rings. The van der Waals surface area contributed by atoms with Crippen molar-refractivity contribution in [2.75, 3.05) is 20.7 Å². The van der Waals surface area contributed by atoms with Crippen LogP contribution in [-0.4, -0.2) is 30.7 Å². The summed E-state index contributed by atoms with van der Waals surface area (Å²) in [5.74, 6) is 0.739. The third-order valence-corrected chi connectivity index (χ3v) is 3.46. The lowest BCUT2D eigenvalue weighted by molar-refractivity contribution is 0.255. The Morgan fingerprint density at radius 3 is 2.67 bits per heavy atom. The fourth-order valence-corrected chi connectivity index (χ4v) is 2.01. The highest BCUT2D eigenvalue weighted by atomic mass is 16.5. The van der Waals surface area contributed by atoms with Gasteiger partial charge in [-0.3, -0.25) is 4.90 Å². The first-order valence-corrected chi connectivity index (χ1v) is 6.67. The standard InChI is InChI=1S/C15H25NO2/c1-5-6-7-10-16(3)12(2)13-8-9-14(17)15(11-13)18-4/h8-9,11-12,17H,5-7,10H2,1-4H3. The molecule has 0 aliphatic rings. The van der Waals surface area contributed by atoms with Crippen molar-refractivity contribution in [3.05, 3.63) is 23.8 Å². The van der Waals surface area contributed by atoms with Gasteiger partial charge in [0.15, 0.2) is 11.5 Å². The second kappa shape index (κ2) is 7.27. The lowest BCUT2D eigenvalue weighted by Gasteiger charge is -2.25. The highest BCUT2D eigenvalue weighted by Gasteiger charge is 2.13.